The molecule has 23 heavy (non-hydrogen) atoms. The summed E-state index contributed by atoms with van der Waals surface area (Å²) in [5.74, 6) is 0.819. The molecule has 6 unspecified atom stereocenters. The summed E-state index contributed by atoms with van der Waals surface area (Å²) in [7, 11) is 0. The second-order valence-electron chi connectivity index (χ2n) is 7.68. The summed E-state index contributed by atoms with van der Waals surface area (Å²) in [6.07, 6.45) is 6.08. The van der Waals surface area contributed by atoms with Crippen LogP contribution in [0.15, 0.2) is 0 Å². The van der Waals surface area contributed by atoms with E-state index in [1.165, 1.54) is 0 Å². The molecule has 2 rings (SSSR count). The average Bonchev–Trinajstić information content (AvgIpc) is 2.38. The van der Waals surface area contributed by atoms with E-state index in [0.717, 1.165) is 50.4 Å². The first kappa shape index (κ1) is 22.6. The Labute approximate surface area is 153 Å². The Morgan fingerprint density at radius 1 is 0.696 bits per heavy atom. The van der Waals surface area contributed by atoms with Crippen LogP contribution in [0.4, 0.5) is 0 Å². The van der Waals surface area contributed by atoms with Gasteiger partial charge in [-0.3, -0.25) is 9.59 Å². The molecule has 0 heterocycles. The van der Waals surface area contributed by atoms with E-state index in [4.69, 9.17) is 10.2 Å². The molecule has 0 saturated heterocycles. The van der Waals surface area contributed by atoms with Gasteiger partial charge in [-0.25, -0.2) is 0 Å². The Bertz CT molecular complexity index is 349. The summed E-state index contributed by atoms with van der Waals surface area (Å²) in [6.45, 7) is 8.51. The van der Waals surface area contributed by atoms with Gasteiger partial charge in [0.1, 0.15) is 0 Å². The van der Waals surface area contributed by atoms with Crippen molar-refractivity contribution in [2.24, 2.45) is 35.5 Å². The smallest absolute Gasteiger partial charge is 0.306 e. The van der Waals surface area contributed by atoms with E-state index in [-0.39, 0.29) is 31.3 Å². The monoisotopic (exact) mass is 376 g/mol. The standard InChI is InChI=1S/2C9H16O2.Zn/c2*1-6-3-4-8(9(10)11)7(2)5-6;/h2*6-8H,3-5H2,1-2H3,(H,10,11);. The number of aliphatic carboxylic acids is 2. The molecule has 2 aliphatic rings. The van der Waals surface area contributed by atoms with Crippen LogP contribution in [0, 0.1) is 35.5 Å². The van der Waals surface area contributed by atoms with Crippen molar-refractivity contribution < 1.29 is 39.3 Å². The Morgan fingerprint density at radius 3 is 1.22 bits per heavy atom. The van der Waals surface area contributed by atoms with Gasteiger partial charge in [-0.15, -0.1) is 0 Å². The van der Waals surface area contributed by atoms with Crippen molar-refractivity contribution in [3.63, 3.8) is 0 Å². The Balaban J connectivity index is 0.000000403. The number of carboxylic acids is 2. The van der Waals surface area contributed by atoms with Crippen molar-refractivity contribution in [3.8, 4) is 0 Å². The number of hydrogen-bond acceptors (Lipinski definition) is 2. The minimum Gasteiger partial charge on any atom is -0.481 e. The van der Waals surface area contributed by atoms with E-state index < -0.39 is 11.9 Å². The van der Waals surface area contributed by atoms with Crippen LogP contribution in [0.3, 0.4) is 0 Å². The van der Waals surface area contributed by atoms with Gasteiger partial charge in [-0.05, 0) is 62.2 Å². The van der Waals surface area contributed by atoms with Gasteiger partial charge >= 0.3 is 11.9 Å². The van der Waals surface area contributed by atoms with Gasteiger partial charge in [-0.1, -0.05) is 27.7 Å². The zero-order valence-electron chi connectivity index (χ0n) is 15.1. The maximum atomic E-state index is 10.7. The molecular weight excluding hydrogens is 346 g/mol. The first-order valence-corrected chi connectivity index (χ1v) is 8.67. The molecule has 0 aromatic heterocycles. The van der Waals surface area contributed by atoms with Gasteiger partial charge in [-0.2, -0.15) is 0 Å². The molecule has 4 nitrogen and oxygen atoms in total. The molecule has 2 saturated carbocycles. The van der Waals surface area contributed by atoms with Crippen LogP contribution < -0.4 is 0 Å². The Kier molecular flexibility index (Phi) is 10.2. The maximum Gasteiger partial charge on any atom is 0.306 e. The minimum absolute atomic E-state index is 0. The van der Waals surface area contributed by atoms with Crippen molar-refractivity contribution >= 4 is 11.9 Å². The van der Waals surface area contributed by atoms with Crippen molar-refractivity contribution in [1.82, 2.24) is 0 Å². The van der Waals surface area contributed by atoms with Crippen LogP contribution in [0.25, 0.3) is 0 Å². The first-order valence-electron chi connectivity index (χ1n) is 8.67. The molecule has 6 atom stereocenters. The molecule has 0 aromatic rings. The average molecular weight is 378 g/mol. The Morgan fingerprint density at radius 2 is 1.00 bits per heavy atom. The molecule has 2 N–H and O–H groups in total. The van der Waals surface area contributed by atoms with Gasteiger partial charge in [0.15, 0.2) is 0 Å². The minimum atomic E-state index is -0.607. The van der Waals surface area contributed by atoms with Crippen molar-refractivity contribution in [2.45, 2.75) is 66.2 Å². The van der Waals surface area contributed by atoms with Crippen LogP contribution in [-0.4, -0.2) is 22.2 Å². The SMILES string of the molecule is CC1CCC(C(=O)O)C(C)C1.CC1CCC(C(=O)O)C(C)C1.[Zn]. The van der Waals surface area contributed by atoms with Gasteiger partial charge in [0, 0.05) is 19.5 Å². The van der Waals surface area contributed by atoms with Crippen LogP contribution in [-0.2, 0) is 29.1 Å². The topological polar surface area (TPSA) is 74.6 Å². The van der Waals surface area contributed by atoms with E-state index in [0.29, 0.717) is 11.8 Å². The van der Waals surface area contributed by atoms with Crippen molar-refractivity contribution in [3.05, 3.63) is 0 Å². The summed E-state index contributed by atoms with van der Waals surface area (Å²) in [5, 5.41) is 17.6. The second kappa shape index (κ2) is 10.4. The summed E-state index contributed by atoms with van der Waals surface area (Å²) < 4.78 is 0. The van der Waals surface area contributed by atoms with E-state index >= 15 is 0 Å². The van der Waals surface area contributed by atoms with Crippen LogP contribution >= 0.6 is 0 Å². The molecular formula is C18H32O4Zn. The maximum absolute atomic E-state index is 10.7. The zero-order chi connectivity index (χ0) is 16.9. The third-order valence-electron chi connectivity index (χ3n) is 5.50. The fraction of sp³-hybridized carbons (Fsp3) is 0.889. The molecule has 0 aliphatic heterocycles. The van der Waals surface area contributed by atoms with Crippen LogP contribution in [0.2, 0.25) is 0 Å². The predicted molar refractivity (Wildman–Crippen MR) is 86.6 cm³/mol. The fourth-order valence-electron chi connectivity index (χ4n) is 4.06. The molecule has 2 aliphatic carbocycles. The normalized spacial score (nSPS) is 36.9. The van der Waals surface area contributed by atoms with Gasteiger partial charge in [0.25, 0.3) is 0 Å². The number of rotatable bonds is 2. The van der Waals surface area contributed by atoms with Crippen molar-refractivity contribution in [1.29, 1.82) is 0 Å². The molecule has 130 valence electrons. The van der Waals surface area contributed by atoms with E-state index in [2.05, 4.69) is 27.7 Å². The molecule has 0 amide bonds. The summed E-state index contributed by atoms with van der Waals surface area (Å²) in [5.41, 5.74) is 0. The molecule has 0 bridgehead atoms. The third-order valence-corrected chi connectivity index (χ3v) is 5.50. The Hall–Kier alpha value is -0.437. The molecule has 0 radical (unpaired) electrons. The zero-order valence-corrected chi connectivity index (χ0v) is 18.1. The molecule has 2 fully saturated rings. The van der Waals surface area contributed by atoms with Gasteiger partial charge < -0.3 is 10.2 Å². The largest absolute Gasteiger partial charge is 0.481 e. The summed E-state index contributed by atoms with van der Waals surface area (Å²) >= 11 is 0. The van der Waals surface area contributed by atoms with E-state index in [9.17, 15) is 9.59 Å². The summed E-state index contributed by atoms with van der Waals surface area (Å²) in [4.78, 5) is 21.3. The third kappa shape index (κ3) is 7.33. The van der Waals surface area contributed by atoms with Gasteiger partial charge in [0.2, 0.25) is 0 Å². The number of carboxylic acid groups (broad SMARTS) is 2. The van der Waals surface area contributed by atoms with Crippen molar-refractivity contribution in [2.75, 3.05) is 0 Å². The van der Waals surface area contributed by atoms with Crippen LogP contribution in [0.5, 0.6) is 0 Å². The molecule has 5 heteroatoms. The molecule has 0 aromatic carbocycles. The fourth-order valence-corrected chi connectivity index (χ4v) is 4.06. The van der Waals surface area contributed by atoms with E-state index in [1.54, 1.807) is 0 Å². The predicted octanol–water partition coefficient (Wildman–Crippen LogP) is 4.28. The summed E-state index contributed by atoms with van der Waals surface area (Å²) in [6, 6.07) is 0. The van der Waals surface area contributed by atoms with Crippen LogP contribution in [0.1, 0.15) is 66.2 Å². The second-order valence-corrected chi connectivity index (χ2v) is 7.68. The van der Waals surface area contributed by atoms with Gasteiger partial charge in [0.05, 0.1) is 11.8 Å². The molecule has 0 spiro atoms. The first-order chi connectivity index (χ1) is 10.2. The quantitative estimate of drug-likeness (QED) is 0.704. The number of hydrogen-bond donors (Lipinski definition) is 2. The number of carbonyl (C=O) groups is 2. The van der Waals surface area contributed by atoms with E-state index in [1.807, 2.05) is 0 Å².